The van der Waals surface area contributed by atoms with Crippen LogP contribution in [-0.4, -0.2) is 7.11 Å². The van der Waals surface area contributed by atoms with Gasteiger partial charge in [0.05, 0.1) is 7.11 Å². The summed E-state index contributed by atoms with van der Waals surface area (Å²) < 4.78 is 31.9. The predicted octanol–water partition coefficient (Wildman–Crippen LogP) is 3.39. The Labute approximate surface area is 117 Å². The van der Waals surface area contributed by atoms with Gasteiger partial charge in [-0.1, -0.05) is 12.1 Å². The highest BCUT2D eigenvalue weighted by atomic mass is 19.1. The summed E-state index contributed by atoms with van der Waals surface area (Å²) >= 11 is 0. The Morgan fingerprint density at radius 2 is 1.80 bits per heavy atom. The topological polar surface area (TPSA) is 35.2 Å². The summed E-state index contributed by atoms with van der Waals surface area (Å²) in [6.45, 7) is 1.77. The number of hydrogen-bond donors (Lipinski definition) is 1. The molecular weight excluding hydrogens is 260 g/mol. The number of ether oxygens (including phenoxy) is 1. The van der Waals surface area contributed by atoms with Gasteiger partial charge in [-0.25, -0.2) is 8.78 Å². The van der Waals surface area contributed by atoms with Gasteiger partial charge in [0.1, 0.15) is 17.4 Å². The summed E-state index contributed by atoms with van der Waals surface area (Å²) in [6, 6.07) is 10.4. The van der Waals surface area contributed by atoms with Crippen LogP contribution in [0.3, 0.4) is 0 Å². The lowest BCUT2D eigenvalue weighted by atomic mass is 9.86. The molecule has 0 saturated carbocycles. The monoisotopic (exact) mass is 277 g/mol. The second kappa shape index (κ2) is 5.59. The van der Waals surface area contributed by atoms with Crippen LogP contribution in [0.1, 0.15) is 18.1 Å². The summed E-state index contributed by atoms with van der Waals surface area (Å²) in [7, 11) is 1.51. The van der Waals surface area contributed by atoms with Gasteiger partial charge in [-0.3, -0.25) is 0 Å². The Morgan fingerprint density at radius 1 is 1.10 bits per heavy atom. The van der Waals surface area contributed by atoms with E-state index in [1.165, 1.54) is 31.4 Å². The lowest BCUT2D eigenvalue weighted by Crippen LogP contribution is -2.36. The lowest BCUT2D eigenvalue weighted by Gasteiger charge is -2.27. The maximum atomic E-state index is 13.4. The molecule has 1 unspecified atom stereocenters. The highest BCUT2D eigenvalue weighted by Gasteiger charge is 2.26. The molecule has 0 aliphatic heterocycles. The fourth-order valence-corrected chi connectivity index (χ4v) is 2.29. The third-order valence-corrected chi connectivity index (χ3v) is 3.24. The average molecular weight is 277 g/mol. The minimum absolute atomic E-state index is 0.315. The molecule has 0 bridgehead atoms. The van der Waals surface area contributed by atoms with Crippen LogP contribution in [0, 0.1) is 11.6 Å². The van der Waals surface area contributed by atoms with E-state index < -0.39 is 5.54 Å². The van der Waals surface area contributed by atoms with E-state index in [9.17, 15) is 8.78 Å². The van der Waals surface area contributed by atoms with Gasteiger partial charge in [0.15, 0.2) is 0 Å². The molecule has 0 amide bonds. The van der Waals surface area contributed by atoms with Crippen LogP contribution in [0.5, 0.6) is 5.75 Å². The molecule has 0 aliphatic carbocycles. The minimum atomic E-state index is -0.860. The molecule has 4 heteroatoms. The molecule has 0 heterocycles. The zero-order chi connectivity index (χ0) is 14.8. The first-order chi connectivity index (χ1) is 9.42. The first kappa shape index (κ1) is 14.5. The summed E-state index contributed by atoms with van der Waals surface area (Å²) in [4.78, 5) is 0. The molecule has 2 aromatic carbocycles. The van der Waals surface area contributed by atoms with Crippen molar-refractivity contribution in [2.45, 2.75) is 18.9 Å². The third-order valence-electron chi connectivity index (χ3n) is 3.24. The summed E-state index contributed by atoms with van der Waals surface area (Å²) in [5, 5.41) is 0. The number of methoxy groups -OCH3 is 1. The van der Waals surface area contributed by atoms with E-state index in [-0.39, 0.29) is 11.6 Å². The van der Waals surface area contributed by atoms with E-state index in [1.807, 2.05) is 0 Å². The standard InChI is InChI=1S/C16H17F2NO/c1-16(19,10-11-4-3-5-12(17)8-11)14-9-13(18)6-7-15(14)20-2/h3-9H,10,19H2,1-2H3. The van der Waals surface area contributed by atoms with Crippen molar-refractivity contribution in [1.29, 1.82) is 0 Å². The molecule has 2 rings (SSSR count). The van der Waals surface area contributed by atoms with Gasteiger partial charge >= 0.3 is 0 Å². The number of halogens is 2. The fraction of sp³-hybridized carbons (Fsp3) is 0.250. The molecule has 0 aliphatic rings. The smallest absolute Gasteiger partial charge is 0.124 e. The van der Waals surface area contributed by atoms with Crippen molar-refractivity contribution in [3.63, 3.8) is 0 Å². The molecule has 2 N–H and O–H groups in total. The summed E-state index contributed by atoms with van der Waals surface area (Å²) in [5.74, 6) is -0.172. The van der Waals surface area contributed by atoms with Crippen molar-refractivity contribution in [3.8, 4) is 5.75 Å². The normalized spacial score (nSPS) is 13.8. The zero-order valence-electron chi connectivity index (χ0n) is 11.5. The molecule has 2 aromatic rings. The summed E-state index contributed by atoms with van der Waals surface area (Å²) in [5.41, 5.74) is 6.75. The maximum absolute atomic E-state index is 13.4. The van der Waals surface area contributed by atoms with Gasteiger partial charge in [0, 0.05) is 11.1 Å². The quantitative estimate of drug-likeness (QED) is 0.929. The van der Waals surface area contributed by atoms with Crippen LogP contribution in [0.4, 0.5) is 8.78 Å². The number of rotatable bonds is 4. The van der Waals surface area contributed by atoms with Crippen molar-refractivity contribution in [2.75, 3.05) is 7.11 Å². The zero-order valence-corrected chi connectivity index (χ0v) is 11.5. The Morgan fingerprint density at radius 3 is 2.45 bits per heavy atom. The number of nitrogens with two attached hydrogens (primary N) is 1. The molecule has 20 heavy (non-hydrogen) atoms. The van der Waals surface area contributed by atoms with Crippen molar-refractivity contribution < 1.29 is 13.5 Å². The van der Waals surface area contributed by atoms with Crippen molar-refractivity contribution >= 4 is 0 Å². The maximum Gasteiger partial charge on any atom is 0.124 e. The Bertz CT molecular complexity index is 611. The van der Waals surface area contributed by atoms with Gasteiger partial charge in [0.25, 0.3) is 0 Å². The molecule has 0 aromatic heterocycles. The van der Waals surface area contributed by atoms with Crippen molar-refractivity contribution in [1.82, 2.24) is 0 Å². The van der Waals surface area contributed by atoms with Crippen LogP contribution in [0.25, 0.3) is 0 Å². The van der Waals surface area contributed by atoms with Crippen LogP contribution in [-0.2, 0) is 12.0 Å². The second-order valence-corrected chi connectivity index (χ2v) is 5.07. The molecule has 106 valence electrons. The van der Waals surface area contributed by atoms with Gasteiger partial charge in [-0.05, 0) is 49.2 Å². The first-order valence-corrected chi connectivity index (χ1v) is 6.30. The highest BCUT2D eigenvalue weighted by molar-refractivity contribution is 5.40. The Hall–Kier alpha value is -1.94. The molecular formula is C16H17F2NO. The van der Waals surface area contributed by atoms with Crippen LogP contribution < -0.4 is 10.5 Å². The molecule has 2 nitrogen and oxygen atoms in total. The number of hydrogen-bond acceptors (Lipinski definition) is 2. The largest absolute Gasteiger partial charge is 0.496 e. The molecule has 0 fully saturated rings. The second-order valence-electron chi connectivity index (χ2n) is 5.07. The van der Waals surface area contributed by atoms with Crippen LogP contribution in [0.15, 0.2) is 42.5 Å². The van der Waals surface area contributed by atoms with Crippen LogP contribution >= 0.6 is 0 Å². The van der Waals surface area contributed by atoms with E-state index >= 15 is 0 Å². The lowest BCUT2D eigenvalue weighted by molar-refractivity contribution is 0.384. The van der Waals surface area contributed by atoms with Crippen molar-refractivity contribution in [3.05, 3.63) is 65.2 Å². The van der Waals surface area contributed by atoms with E-state index in [2.05, 4.69) is 0 Å². The molecule has 0 saturated heterocycles. The van der Waals surface area contributed by atoms with Gasteiger partial charge in [-0.15, -0.1) is 0 Å². The minimum Gasteiger partial charge on any atom is -0.496 e. The van der Waals surface area contributed by atoms with Crippen molar-refractivity contribution in [2.24, 2.45) is 5.73 Å². The molecule has 0 spiro atoms. The Balaban J connectivity index is 2.37. The molecule has 1 atom stereocenters. The fourth-order valence-electron chi connectivity index (χ4n) is 2.29. The van der Waals surface area contributed by atoms with E-state index in [1.54, 1.807) is 25.1 Å². The summed E-state index contributed by atoms with van der Waals surface area (Å²) in [6.07, 6.45) is 0.380. The van der Waals surface area contributed by atoms with E-state index in [0.717, 1.165) is 5.56 Å². The van der Waals surface area contributed by atoms with Gasteiger partial charge < -0.3 is 10.5 Å². The first-order valence-electron chi connectivity index (χ1n) is 6.30. The SMILES string of the molecule is COc1ccc(F)cc1C(C)(N)Cc1cccc(F)c1. The van der Waals surface area contributed by atoms with Gasteiger partial charge in [0.2, 0.25) is 0 Å². The predicted molar refractivity (Wildman–Crippen MR) is 74.6 cm³/mol. The third kappa shape index (κ3) is 3.14. The Kier molecular flexibility index (Phi) is 4.04. The highest BCUT2D eigenvalue weighted by Crippen LogP contribution is 2.31. The van der Waals surface area contributed by atoms with E-state index in [4.69, 9.17) is 10.5 Å². The molecule has 0 radical (unpaired) electrons. The number of benzene rings is 2. The van der Waals surface area contributed by atoms with Gasteiger partial charge in [-0.2, -0.15) is 0 Å². The van der Waals surface area contributed by atoms with E-state index in [0.29, 0.717) is 17.7 Å². The van der Waals surface area contributed by atoms with Crippen LogP contribution in [0.2, 0.25) is 0 Å². The average Bonchev–Trinajstić information content (AvgIpc) is 2.38.